The van der Waals surface area contributed by atoms with Gasteiger partial charge in [0.1, 0.15) is 28.8 Å². The van der Waals surface area contributed by atoms with Crippen molar-refractivity contribution in [1.82, 2.24) is 19.1 Å². The molecule has 0 aliphatic rings. The van der Waals surface area contributed by atoms with Gasteiger partial charge in [0.2, 0.25) is 5.95 Å². The SMILES string of the molecule is CCCOCn1cnc2c(NS(=O)(=O)c3ccc(F)cc3F)cc(-c3ccc4nc(N)n(-c5ccccc5)c(=O)c4c3)cc21. The molecular weight excluding hydrogens is 590 g/mol. The lowest BCUT2D eigenvalue weighted by Crippen LogP contribution is -2.23. The summed E-state index contributed by atoms with van der Waals surface area (Å²) in [5.41, 5.74) is 8.65. The van der Waals surface area contributed by atoms with Crippen molar-refractivity contribution in [3.63, 3.8) is 0 Å². The monoisotopic (exact) mass is 616 g/mol. The Morgan fingerprint density at radius 1 is 0.977 bits per heavy atom. The van der Waals surface area contributed by atoms with Crippen LogP contribution in [0.15, 0.2) is 94.9 Å². The maximum absolute atomic E-state index is 14.5. The zero-order valence-electron chi connectivity index (χ0n) is 23.4. The third-order valence-electron chi connectivity index (χ3n) is 6.97. The van der Waals surface area contributed by atoms with Gasteiger partial charge in [-0.15, -0.1) is 0 Å². The molecule has 10 nitrogen and oxygen atoms in total. The normalized spacial score (nSPS) is 11.8. The van der Waals surface area contributed by atoms with E-state index in [-0.39, 0.29) is 34.8 Å². The molecule has 0 bridgehead atoms. The number of para-hydroxylation sites is 1. The molecule has 0 aliphatic carbocycles. The molecule has 13 heteroatoms. The van der Waals surface area contributed by atoms with Crippen molar-refractivity contribution in [1.29, 1.82) is 0 Å². The average molecular weight is 617 g/mol. The molecule has 2 aromatic heterocycles. The third kappa shape index (κ3) is 5.38. The highest BCUT2D eigenvalue weighted by Gasteiger charge is 2.23. The Hall–Kier alpha value is -5.14. The van der Waals surface area contributed by atoms with Gasteiger partial charge in [0.15, 0.2) is 0 Å². The number of nitrogens with zero attached hydrogens (tertiary/aromatic N) is 4. The fourth-order valence-electron chi connectivity index (χ4n) is 4.92. The minimum atomic E-state index is -4.49. The summed E-state index contributed by atoms with van der Waals surface area (Å²) >= 11 is 0. The number of nitrogens with one attached hydrogen (secondary N) is 1. The molecule has 0 saturated heterocycles. The molecular formula is C31H26F2N6O4S. The number of aromatic nitrogens is 4. The first kappa shape index (κ1) is 29.0. The Labute approximate surface area is 250 Å². The molecule has 44 heavy (non-hydrogen) atoms. The van der Waals surface area contributed by atoms with Crippen molar-refractivity contribution in [3.05, 3.63) is 107 Å². The smallest absolute Gasteiger partial charge is 0.267 e. The zero-order chi connectivity index (χ0) is 31.0. The first-order valence-electron chi connectivity index (χ1n) is 13.6. The van der Waals surface area contributed by atoms with E-state index in [1.165, 1.54) is 17.0 Å². The summed E-state index contributed by atoms with van der Waals surface area (Å²) in [6.45, 7) is 2.62. The van der Waals surface area contributed by atoms with Gasteiger partial charge in [-0.2, -0.15) is 0 Å². The number of ether oxygens (including phenoxy) is 1. The summed E-state index contributed by atoms with van der Waals surface area (Å²) in [6.07, 6.45) is 2.30. The molecule has 0 fully saturated rings. The number of sulfonamides is 1. The lowest BCUT2D eigenvalue weighted by Gasteiger charge is -2.14. The number of anilines is 2. The minimum absolute atomic E-state index is 0.0311. The molecule has 0 radical (unpaired) electrons. The van der Waals surface area contributed by atoms with Gasteiger partial charge >= 0.3 is 0 Å². The largest absolute Gasteiger partial charge is 0.369 e. The predicted molar refractivity (Wildman–Crippen MR) is 164 cm³/mol. The maximum atomic E-state index is 14.5. The van der Waals surface area contributed by atoms with Crippen molar-refractivity contribution < 1.29 is 21.9 Å². The van der Waals surface area contributed by atoms with Crippen LogP contribution < -0.4 is 16.0 Å². The van der Waals surface area contributed by atoms with E-state index in [1.54, 1.807) is 53.1 Å². The van der Waals surface area contributed by atoms with E-state index in [4.69, 9.17) is 10.5 Å². The van der Waals surface area contributed by atoms with Gasteiger partial charge in [0.05, 0.1) is 34.1 Å². The van der Waals surface area contributed by atoms with E-state index in [0.29, 0.717) is 40.5 Å². The highest BCUT2D eigenvalue weighted by molar-refractivity contribution is 7.92. The maximum Gasteiger partial charge on any atom is 0.267 e. The number of nitrogens with two attached hydrogens (primary N) is 1. The number of hydrogen-bond acceptors (Lipinski definition) is 7. The molecule has 0 unspecified atom stereocenters. The van der Waals surface area contributed by atoms with Gasteiger partial charge in [-0.1, -0.05) is 31.2 Å². The van der Waals surface area contributed by atoms with Crippen LogP contribution in [0.3, 0.4) is 0 Å². The van der Waals surface area contributed by atoms with Crippen LogP contribution in [0, 0.1) is 11.6 Å². The average Bonchev–Trinajstić information content (AvgIpc) is 3.40. The quantitative estimate of drug-likeness (QED) is 0.206. The summed E-state index contributed by atoms with van der Waals surface area (Å²) in [4.78, 5) is 21.7. The van der Waals surface area contributed by atoms with Crippen LogP contribution in [0.4, 0.5) is 20.4 Å². The van der Waals surface area contributed by atoms with Crippen LogP contribution in [-0.2, 0) is 21.5 Å². The van der Waals surface area contributed by atoms with Crippen LogP contribution in [0.1, 0.15) is 13.3 Å². The number of benzene rings is 4. The number of rotatable bonds is 9. The summed E-state index contributed by atoms with van der Waals surface area (Å²) in [6, 6.07) is 19.4. The van der Waals surface area contributed by atoms with Crippen LogP contribution in [-0.4, -0.2) is 34.1 Å². The molecule has 0 amide bonds. The Morgan fingerprint density at radius 3 is 2.52 bits per heavy atom. The standard InChI is InChI=1S/C31H26F2N6O4S/c1-2-12-43-18-38-17-35-29-26(37-44(41,42)28-11-9-21(32)16-24(28)33)14-20(15-27(29)38)19-8-10-25-23(13-19)30(40)39(31(34)36-25)22-6-4-3-5-7-22/h3-11,13-17,37H,2,12,18H2,1H3,(H2,34,36). The Bertz CT molecular complexity index is 2200. The summed E-state index contributed by atoms with van der Waals surface area (Å²) in [5, 5.41) is 0.288. The molecule has 4 aromatic carbocycles. The number of fused-ring (bicyclic) bond motifs is 2. The van der Waals surface area contributed by atoms with Gasteiger partial charge in [-0.05, 0) is 66.1 Å². The number of halogens is 2. The molecule has 0 atom stereocenters. The van der Waals surface area contributed by atoms with Crippen LogP contribution in [0.25, 0.3) is 38.8 Å². The van der Waals surface area contributed by atoms with Crippen molar-refractivity contribution in [2.24, 2.45) is 0 Å². The first-order chi connectivity index (χ1) is 21.2. The van der Waals surface area contributed by atoms with Gasteiger partial charge in [-0.25, -0.2) is 31.7 Å². The third-order valence-corrected chi connectivity index (χ3v) is 8.37. The summed E-state index contributed by atoms with van der Waals surface area (Å²) < 4.78 is 65.7. The molecule has 6 aromatic rings. The second-order valence-corrected chi connectivity index (χ2v) is 11.7. The van der Waals surface area contributed by atoms with Crippen molar-refractivity contribution in [3.8, 4) is 16.8 Å². The number of imidazole rings is 1. The van der Waals surface area contributed by atoms with E-state index < -0.39 is 26.6 Å². The topological polar surface area (TPSA) is 134 Å². The van der Waals surface area contributed by atoms with E-state index in [1.807, 2.05) is 13.0 Å². The van der Waals surface area contributed by atoms with E-state index in [9.17, 15) is 22.0 Å². The second-order valence-electron chi connectivity index (χ2n) is 10.0. The van der Waals surface area contributed by atoms with E-state index >= 15 is 0 Å². The van der Waals surface area contributed by atoms with Crippen molar-refractivity contribution in [2.75, 3.05) is 17.1 Å². The highest BCUT2D eigenvalue weighted by Crippen LogP contribution is 2.33. The van der Waals surface area contributed by atoms with Crippen LogP contribution in [0.2, 0.25) is 0 Å². The Kier molecular flexibility index (Phi) is 7.57. The van der Waals surface area contributed by atoms with Crippen molar-refractivity contribution in [2.45, 2.75) is 25.0 Å². The zero-order valence-corrected chi connectivity index (χ0v) is 24.2. The predicted octanol–water partition coefficient (Wildman–Crippen LogP) is 5.45. The lowest BCUT2D eigenvalue weighted by atomic mass is 10.0. The first-order valence-corrected chi connectivity index (χ1v) is 15.1. The Morgan fingerprint density at radius 2 is 1.77 bits per heavy atom. The molecule has 224 valence electrons. The second kappa shape index (κ2) is 11.5. The Balaban J connectivity index is 1.51. The van der Waals surface area contributed by atoms with Crippen LogP contribution in [0.5, 0.6) is 0 Å². The molecule has 2 heterocycles. The highest BCUT2D eigenvalue weighted by atomic mass is 32.2. The van der Waals surface area contributed by atoms with Crippen molar-refractivity contribution >= 4 is 43.6 Å². The molecule has 3 N–H and O–H groups in total. The number of nitrogen functional groups attached to an aromatic ring is 1. The van der Waals surface area contributed by atoms with Gasteiger partial charge in [-0.3, -0.25) is 9.52 Å². The minimum Gasteiger partial charge on any atom is -0.369 e. The number of hydrogen-bond donors (Lipinski definition) is 2. The lowest BCUT2D eigenvalue weighted by molar-refractivity contribution is 0.0800. The molecule has 0 aliphatic heterocycles. The molecule has 0 spiro atoms. The fraction of sp³-hybridized carbons (Fsp3) is 0.129. The van der Waals surface area contributed by atoms with Gasteiger partial charge in [0.25, 0.3) is 15.6 Å². The summed E-state index contributed by atoms with van der Waals surface area (Å²) in [7, 11) is -4.49. The fourth-order valence-corrected chi connectivity index (χ4v) is 6.04. The van der Waals surface area contributed by atoms with E-state index in [2.05, 4.69) is 14.7 Å². The molecule has 0 saturated carbocycles. The van der Waals surface area contributed by atoms with Crippen LogP contribution >= 0.6 is 0 Å². The molecule has 6 rings (SSSR count). The van der Waals surface area contributed by atoms with Gasteiger partial charge in [0, 0.05) is 12.7 Å². The van der Waals surface area contributed by atoms with Gasteiger partial charge < -0.3 is 15.0 Å². The van der Waals surface area contributed by atoms with E-state index in [0.717, 1.165) is 18.6 Å². The summed E-state index contributed by atoms with van der Waals surface area (Å²) in [5.74, 6) is -2.11.